The first-order valence-electron chi connectivity index (χ1n) is 8.14. The summed E-state index contributed by atoms with van der Waals surface area (Å²) in [6.07, 6.45) is 5.46. The van der Waals surface area contributed by atoms with Gasteiger partial charge in [-0.3, -0.25) is 0 Å². The summed E-state index contributed by atoms with van der Waals surface area (Å²) in [6, 6.07) is 5.93. The average molecular weight is 351 g/mol. The Balaban J connectivity index is 1.71. The van der Waals surface area contributed by atoms with Gasteiger partial charge in [-0.25, -0.2) is 0 Å². The molecule has 0 bridgehead atoms. The molecule has 0 spiro atoms. The van der Waals surface area contributed by atoms with Crippen LogP contribution in [-0.2, 0) is 6.42 Å². The smallest absolute Gasteiger partial charge is 0.115 e. The second-order valence-corrected chi connectivity index (χ2v) is 8.72. The first-order valence-corrected chi connectivity index (χ1v) is 9.06. The molecule has 2 nitrogen and oxygen atoms in total. The van der Waals surface area contributed by atoms with E-state index in [0.717, 1.165) is 19.3 Å². The van der Waals surface area contributed by atoms with Gasteiger partial charge in [-0.15, -0.1) is 0 Å². The molecular weight excluding hydrogens is 328 g/mol. The van der Waals surface area contributed by atoms with Crippen LogP contribution in [0.1, 0.15) is 49.7 Å². The van der Waals surface area contributed by atoms with Gasteiger partial charge in [-0.05, 0) is 78.5 Å². The zero-order valence-electron chi connectivity index (χ0n) is 12.4. The van der Waals surface area contributed by atoms with Crippen molar-refractivity contribution >= 4 is 15.9 Å². The number of hydrogen-bond donors (Lipinski definition) is 2. The maximum absolute atomic E-state index is 10.6. The number of hydrogen-bond acceptors (Lipinski definition) is 2. The van der Waals surface area contributed by atoms with Crippen LogP contribution in [-0.4, -0.2) is 21.1 Å². The molecule has 0 aromatic heterocycles. The van der Waals surface area contributed by atoms with Gasteiger partial charge in [-0.2, -0.15) is 0 Å². The number of phenols is 1. The number of alkyl halides is 1. The van der Waals surface area contributed by atoms with E-state index in [-0.39, 0.29) is 16.3 Å². The second kappa shape index (κ2) is 4.73. The van der Waals surface area contributed by atoms with E-state index in [2.05, 4.69) is 28.9 Å². The van der Waals surface area contributed by atoms with Crippen molar-refractivity contribution in [1.82, 2.24) is 0 Å². The molecule has 2 unspecified atom stereocenters. The van der Waals surface area contributed by atoms with E-state index in [4.69, 9.17) is 0 Å². The van der Waals surface area contributed by atoms with Crippen LogP contribution in [0.3, 0.4) is 0 Å². The molecule has 0 aliphatic heterocycles. The zero-order valence-corrected chi connectivity index (χ0v) is 14.0. The van der Waals surface area contributed by atoms with Crippen molar-refractivity contribution in [3.05, 3.63) is 29.3 Å². The number of aromatic hydroxyl groups is 1. The van der Waals surface area contributed by atoms with Gasteiger partial charge < -0.3 is 10.2 Å². The summed E-state index contributed by atoms with van der Waals surface area (Å²) in [5.74, 6) is 2.33. The van der Waals surface area contributed by atoms with Crippen molar-refractivity contribution in [2.45, 2.75) is 55.9 Å². The molecule has 0 amide bonds. The summed E-state index contributed by atoms with van der Waals surface area (Å²) in [7, 11) is 0. The van der Waals surface area contributed by atoms with Crippen molar-refractivity contribution in [2.24, 2.45) is 17.3 Å². The lowest BCUT2D eigenvalue weighted by atomic mass is 9.55. The third kappa shape index (κ3) is 1.93. The van der Waals surface area contributed by atoms with Crippen molar-refractivity contribution in [2.75, 3.05) is 0 Å². The molecule has 0 heterocycles. The molecule has 6 atom stereocenters. The molecule has 1 aromatic carbocycles. The summed E-state index contributed by atoms with van der Waals surface area (Å²) >= 11 is 3.70. The fourth-order valence-electron chi connectivity index (χ4n) is 5.51. The van der Waals surface area contributed by atoms with Crippen molar-refractivity contribution in [3.8, 4) is 5.75 Å². The summed E-state index contributed by atoms with van der Waals surface area (Å²) in [4.78, 5) is 0.257. The van der Waals surface area contributed by atoms with Crippen LogP contribution in [0.2, 0.25) is 0 Å². The standard InChI is InChI=1S/C18H23BrO2/c1-18-7-6-13-12-5-3-11(20)8-10(12)2-4-14(13)15(18)9-16(19)17(18)21/h3,5,8,13-17,20-21H,2,4,6-7,9H2,1H3/t13-,14-,15+,16?,17?,18+/m1/s1. The molecule has 0 saturated heterocycles. The van der Waals surface area contributed by atoms with E-state index in [1.54, 1.807) is 0 Å². The molecule has 21 heavy (non-hydrogen) atoms. The number of aliphatic hydroxyl groups is 1. The highest BCUT2D eigenvalue weighted by molar-refractivity contribution is 9.09. The average Bonchev–Trinajstić information content (AvgIpc) is 2.70. The monoisotopic (exact) mass is 350 g/mol. The Hall–Kier alpha value is -0.540. The van der Waals surface area contributed by atoms with E-state index in [1.165, 1.54) is 24.0 Å². The highest BCUT2D eigenvalue weighted by Crippen LogP contribution is 2.61. The molecule has 4 rings (SSSR count). The maximum Gasteiger partial charge on any atom is 0.115 e. The fraction of sp³-hybridized carbons (Fsp3) is 0.667. The molecule has 3 aliphatic rings. The van der Waals surface area contributed by atoms with Crippen LogP contribution in [0, 0.1) is 17.3 Å². The van der Waals surface area contributed by atoms with Crippen LogP contribution in [0.25, 0.3) is 0 Å². The number of fused-ring (bicyclic) bond motifs is 5. The van der Waals surface area contributed by atoms with Crippen LogP contribution in [0.5, 0.6) is 5.75 Å². The number of rotatable bonds is 0. The summed E-state index contributed by atoms with van der Waals surface area (Å²) in [5.41, 5.74) is 2.89. The van der Waals surface area contributed by atoms with Gasteiger partial charge in [0.25, 0.3) is 0 Å². The molecule has 0 radical (unpaired) electrons. The SMILES string of the molecule is C[C@]12CC[C@@H]3c4ccc(O)cc4CC[C@H]3[C@@H]1CC(Br)C2O. The first-order chi connectivity index (χ1) is 10.0. The molecule has 3 aliphatic carbocycles. The van der Waals surface area contributed by atoms with Gasteiger partial charge in [0.15, 0.2) is 0 Å². The summed E-state index contributed by atoms with van der Waals surface area (Å²) < 4.78 is 0. The molecule has 114 valence electrons. The van der Waals surface area contributed by atoms with Crippen molar-refractivity contribution < 1.29 is 10.2 Å². The quantitative estimate of drug-likeness (QED) is 0.694. The van der Waals surface area contributed by atoms with Crippen molar-refractivity contribution in [3.63, 3.8) is 0 Å². The topological polar surface area (TPSA) is 40.5 Å². The Kier molecular flexibility index (Phi) is 3.17. The van der Waals surface area contributed by atoms with Crippen LogP contribution in [0.4, 0.5) is 0 Å². The van der Waals surface area contributed by atoms with Crippen molar-refractivity contribution in [1.29, 1.82) is 0 Å². The Labute approximate surface area is 134 Å². The van der Waals surface area contributed by atoms with Crippen LogP contribution in [0.15, 0.2) is 18.2 Å². The Morgan fingerprint density at radius 2 is 2.10 bits per heavy atom. The lowest BCUT2D eigenvalue weighted by Gasteiger charge is -2.50. The second-order valence-electron chi connectivity index (χ2n) is 7.54. The number of phenolic OH excluding ortho intramolecular Hbond substituents is 1. The third-order valence-corrected chi connectivity index (χ3v) is 7.52. The Bertz CT molecular complexity index is 572. The van der Waals surface area contributed by atoms with Gasteiger partial charge in [0.05, 0.1) is 6.10 Å². The van der Waals surface area contributed by atoms with Crippen LogP contribution >= 0.6 is 15.9 Å². The third-order valence-electron chi connectivity index (χ3n) is 6.65. The predicted octanol–water partition coefficient (Wildman–Crippen LogP) is 3.98. The molecule has 1 aromatic rings. The normalized spacial score (nSPS) is 44.8. The van der Waals surface area contributed by atoms with Gasteiger partial charge in [0, 0.05) is 4.83 Å². The number of benzene rings is 1. The maximum atomic E-state index is 10.6. The molecule has 2 saturated carbocycles. The Morgan fingerprint density at radius 1 is 1.29 bits per heavy atom. The number of aliphatic hydroxyl groups excluding tert-OH is 1. The largest absolute Gasteiger partial charge is 0.508 e. The zero-order chi connectivity index (χ0) is 14.8. The van der Waals surface area contributed by atoms with Gasteiger partial charge in [0.1, 0.15) is 5.75 Å². The molecule has 2 N–H and O–H groups in total. The van der Waals surface area contributed by atoms with E-state index in [9.17, 15) is 10.2 Å². The van der Waals surface area contributed by atoms with Gasteiger partial charge in [0.2, 0.25) is 0 Å². The van der Waals surface area contributed by atoms with E-state index in [1.807, 2.05) is 12.1 Å². The lowest BCUT2D eigenvalue weighted by molar-refractivity contribution is -0.0213. The number of halogens is 1. The Morgan fingerprint density at radius 3 is 2.90 bits per heavy atom. The fourth-order valence-corrected chi connectivity index (χ4v) is 6.52. The minimum atomic E-state index is -0.204. The molecular formula is C18H23BrO2. The summed E-state index contributed by atoms with van der Waals surface area (Å²) in [6.45, 7) is 2.30. The van der Waals surface area contributed by atoms with E-state index >= 15 is 0 Å². The highest BCUT2D eigenvalue weighted by Gasteiger charge is 2.57. The van der Waals surface area contributed by atoms with Crippen LogP contribution < -0.4 is 0 Å². The van der Waals surface area contributed by atoms with E-state index in [0.29, 0.717) is 23.5 Å². The number of aryl methyl sites for hydroxylation is 1. The van der Waals surface area contributed by atoms with Gasteiger partial charge >= 0.3 is 0 Å². The summed E-state index contributed by atoms with van der Waals surface area (Å²) in [5, 5.41) is 20.3. The first kappa shape index (κ1) is 14.1. The molecule has 2 fully saturated rings. The minimum absolute atomic E-state index is 0.0871. The predicted molar refractivity (Wildman–Crippen MR) is 86.8 cm³/mol. The van der Waals surface area contributed by atoms with Gasteiger partial charge in [-0.1, -0.05) is 28.9 Å². The lowest BCUT2D eigenvalue weighted by Crippen LogP contribution is -2.44. The minimum Gasteiger partial charge on any atom is -0.508 e. The highest BCUT2D eigenvalue weighted by atomic mass is 79.9. The molecule has 3 heteroatoms. The van der Waals surface area contributed by atoms with E-state index < -0.39 is 0 Å².